The van der Waals surface area contributed by atoms with Crippen molar-refractivity contribution in [2.24, 2.45) is 0 Å². The number of rotatable bonds is 2. The van der Waals surface area contributed by atoms with Gasteiger partial charge in [-0.15, -0.1) is 0 Å². The van der Waals surface area contributed by atoms with Gasteiger partial charge in [0.05, 0.1) is 11.7 Å². The van der Waals surface area contributed by atoms with Gasteiger partial charge in [-0.2, -0.15) is 5.10 Å². The van der Waals surface area contributed by atoms with Crippen molar-refractivity contribution < 1.29 is 0 Å². The van der Waals surface area contributed by atoms with Crippen molar-refractivity contribution in [1.29, 1.82) is 0 Å². The van der Waals surface area contributed by atoms with Gasteiger partial charge in [-0.3, -0.25) is 0 Å². The summed E-state index contributed by atoms with van der Waals surface area (Å²) in [4.78, 5) is 0. The zero-order valence-corrected chi connectivity index (χ0v) is 11.7. The Kier molecular flexibility index (Phi) is 3.19. The third-order valence-electron chi connectivity index (χ3n) is 3.72. The number of nitrogens with zero attached hydrogens (tertiary/aromatic N) is 2. The van der Waals surface area contributed by atoms with Gasteiger partial charge >= 0.3 is 0 Å². The van der Waals surface area contributed by atoms with Crippen LogP contribution in [0.5, 0.6) is 0 Å². The lowest BCUT2D eigenvalue weighted by Crippen LogP contribution is -2.31. The number of hydrogen-bond acceptors (Lipinski definition) is 2. The molecule has 17 heavy (non-hydrogen) atoms. The van der Waals surface area contributed by atoms with E-state index in [2.05, 4.69) is 50.7 Å². The molecule has 2 heterocycles. The minimum atomic E-state index is 0.131. The molecule has 1 N–H and O–H groups in total. The largest absolute Gasteiger partial charge is 0.367 e. The van der Waals surface area contributed by atoms with Gasteiger partial charge in [0.2, 0.25) is 0 Å². The first-order valence-electron chi connectivity index (χ1n) is 6.82. The van der Waals surface area contributed by atoms with Crippen LogP contribution in [0.1, 0.15) is 65.6 Å². The Balaban J connectivity index is 2.35. The van der Waals surface area contributed by atoms with Crippen molar-refractivity contribution in [2.75, 3.05) is 5.32 Å². The number of fused-ring (bicyclic) bond motifs is 1. The first-order valence-corrected chi connectivity index (χ1v) is 6.82. The zero-order chi connectivity index (χ0) is 12.6. The zero-order valence-electron chi connectivity index (χ0n) is 11.7. The fraction of sp³-hybridized carbons (Fsp3) is 0.786. The van der Waals surface area contributed by atoms with Crippen LogP contribution in [0.2, 0.25) is 0 Å². The molecule has 1 aromatic rings. The molecule has 3 heteroatoms. The topological polar surface area (TPSA) is 29.9 Å². The van der Waals surface area contributed by atoms with Crippen molar-refractivity contribution in [3.8, 4) is 0 Å². The van der Waals surface area contributed by atoms with Crippen LogP contribution in [0.15, 0.2) is 6.07 Å². The lowest BCUT2D eigenvalue weighted by Gasteiger charge is -2.31. The van der Waals surface area contributed by atoms with Gasteiger partial charge in [-0.25, -0.2) is 4.68 Å². The van der Waals surface area contributed by atoms with E-state index in [1.807, 2.05) is 0 Å². The highest BCUT2D eigenvalue weighted by Crippen LogP contribution is 2.33. The molecule has 0 bridgehead atoms. The molecule has 1 aliphatic heterocycles. The normalized spacial score (nSPS) is 24.3. The van der Waals surface area contributed by atoms with Crippen molar-refractivity contribution in [2.45, 2.75) is 71.4 Å². The van der Waals surface area contributed by atoms with Gasteiger partial charge in [0.15, 0.2) is 0 Å². The second-order valence-electron chi connectivity index (χ2n) is 6.16. The molecule has 2 unspecified atom stereocenters. The molecule has 0 radical (unpaired) electrons. The highest BCUT2D eigenvalue weighted by Gasteiger charge is 2.28. The minimum Gasteiger partial charge on any atom is -0.367 e. The Morgan fingerprint density at radius 3 is 2.59 bits per heavy atom. The average molecular weight is 235 g/mol. The summed E-state index contributed by atoms with van der Waals surface area (Å²) in [7, 11) is 0. The van der Waals surface area contributed by atoms with E-state index in [1.165, 1.54) is 24.4 Å². The van der Waals surface area contributed by atoms with Crippen molar-refractivity contribution >= 4 is 5.82 Å². The predicted octanol–water partition coefficient (Wildman–Crippen LogP) is 3.73. The lowest BCUT2D eigenvalue weighted by atomic mass is 9.92. The smallest absolute Gasteiger partial charge is 0.125 e. The van der Waals surface area contributed by atoms with Crippen molar-refractivity contribution in [3.05, 3.63) is 11.8 Å². The molecule has 1 aromatic heterocycles. The summed E-state index contributed by atoms with van der Waals surface area (Å²) in [6, 6.07) is 3.40. The van der Waals surface area contributed by atoms with E-state index in [0.717, 1.165) is 6.42 Å². The molecule has 2 rings (SSSR count). The highest BCUT2D eigenvalue weighted by atomic mass is 15.4. The fourth-order valence-electron chi connectivity index (χ4n) is 2.45. The van der Waals surface area contributed by atoms with Crippen molar-refractivity contribution in [1.82, 2.24) is 9.78 Å². The maximum absolute atomic E-state index is 4.80. The number of aromatic nitrogens is 2. The number of hydrogen-bond donors (Lipinski definition) is 1. The maximum atomic E-state index is 4.80. The van der Waals surface area contributed by atoms with Gasteiger partial charge in [-0.05, 0) is 19.3 Å². The second-order valence-corrected chi connectivity index (χ2v) is 6.16. The molecule has 3 nitrogen and oxygen atoms in total. The number of anilines is 1. The van der Waals surface area contributed by atoms with Crippen LogP contribution in [0, 0.1) is 0 Å². The summed E-state index contributed by atoms with van der Waals surface area (Å²) >= 11 is 0. The van der Waals surface area contributed by atoms with Crippen LogP contribution in [0.3, 0.4) is 0 Å². The summed E-state index contributed by atoms with van der Waals surface area (Å²) in [6.45, 7) is 11.2. The molecule has 0 saturated carbocycles. The second kappa shape index (κ2) is 4.35. The SMILES string of the molecule is CCC1CC(CC)n2nc(C(C)(C)C)cc2N1. The van der Waals surface area contributed by atoms with Gasteiger partial charge < -0.3 is 5.32 Å². The Morgan fingerprint density at radius 2 is 2.06 bits per heavy atom. The molecule has 0 fully saturated rings. The Labute approximate surface area is 105 Å². The van der Waals surface area contributed by atoms with E-state index in [4.69, 9.17) is 5.10 Å². The van der Waals surface area contributed by atoms with Crippen LogP contribution < -0.4 is 5.32 Å². The summed E-state index contributed by atoms with van der Waals surface area (Å²) in [5.74, 6) is 1.21. The summed E-state index contributed by atoms with van der Waals surface area (Å²) in [6.07, 6.45) is 3.55. The summed E-state index contributed by atoms with van der Waals surface area (Å²) in [5.41, 5.74) is 1.32. The van der Waals surface area contributed by atoms with Gasteiger partial charge in [0.25, 0.3) is 0 Å². The molecular formula is C14H25N3. The molecule has 0 aliphatic carbocycles. The molecule has 1 aliphatic rings. The van der Waals surface area contributed by atoms with Crippen LogP contribution in [0.4, 0.5) is 5.82 Å². The molecule has 96 valence electrons. The predicted molar refractivity (Wildman–Crippen MR) is 72.6 cm³/mol. The lowest BCUT2D eigenvalue weighted by molar-refractivity contribution is 0.357. The van der Waals surface area contributed by atoms with E-state index < -0.39 is 0 Å². The maximum Gasteiger partial charge on any atom is 0.125 e. The third-order valence-corrected chi connectivity index (χ3v) is 3.72. The van der Waals surface area contributed by atoms with Gasteiger partial charge in [0.1, 0.15) is 5.82 Å². The molecule has 0 amide bonds. The van der Waals surface area contributed by atoms with E-state index in [0.29, 0.717) is 12.1 Å². The highest BCUT2D eigenvalue weighted by molar-refractivity contribution is 5.42. The van der Waals surface area contributed by atoms with E-state index >= 15 is 0 Å². The molecular weight excluding hydrogens is 210 g/mol. The summed E-state index contributed by atoms with van der Waals surface area (Å²) < 4.78 is 2.20. The van der Waals surface area contributed by atoms with E-state index in [1.54, 1.807) is 0 Å². The molecule has 2 atom stereocenters. The van der Waals surface area contributed by atoms with Crippen LogP contribution in [-0.2, 0) is 5.41 Å². The fourth-order valence-corrected chi connectivity index (χ4v) is 2.45. The first kappa shape index (κ1) is 12.5. The molecule has 0 saturated heterocycles. The van der Waals surface area contributed by atoms with Crippen LogP contribution >= 0.6 is 0 Å². The van der Waals surface area contributed by atoms with Crippen molar-refractivity contribution in [3.63, 3.8) is 0 Å². The monoisotopic (exact) mass is 235 g/mol. The Morgan fingerprint density at radius 1 is 1.35 bits per heavy atom. The van der Waals surface area contributed by atoms with Crippen LogP contribution in [0.25, 0.3) is 0 Å². The quantitative estimate of drug-likeness (QED) is 0.846. The van der Waals surface area contributed by atoms with E-state index in [9.17, 15) is 0 Å². The average Bonchev–Trinajstić information content (AvgIpc) is 2.70. The van der Waals surface area contributed by atoms with Gasteiger partial charge in [-0.1, -0.05) is 34.6 Å². The molecule has 0 spiro atoms. The van der Waals surface area contributed by atoms with Gasteiger partial charge in [0, 0.05) is 17.5 Å². The van der Waals surface area contributed by atoms with E-state index in [-0.39, 0.29) is 5.41 Å². The Hall–Kier alpha value is -0.990. The van der Waals surface area contributed by atoms with Crippen LogP contribution in [-0.4, -0.2) is 15.8 Å². The Bertz CT molecular complexity index is 387. The molecule has 0 aromatic carbocycles. The minimum absolute atomic E-state index is 0.131. The summed E-state index contributed by atoms with van der Waals surface area (Å²) in [5, 5.41) is 8.40. The first-order chi connectivity index (χ1) is 7.95. The standard InChI is InChI=1S/C14H25N3/c1-6-10-8-11(7-2)17-13(15-10)9-12(16-17)14(3,4)5/h9-11,15H,6-8H2,1-5H3. The third kappa shape index (κ3) is 2.33. The number of nitrogens with one attached hydrogen (secondary N) is 1.